The van der Waals surface area contributed by atoms with E-state index in [1.165, 1.54) is 0 Å². The largest absolute Gasteiger partial charge is 0.466 e. The Morgan fingerprint density at radius 1 is 1.26 bits per heavy atom. The lowest BCUT2D eigenvalue weighted by Gasteiger charge is -2.39. The molecule has 0 spiro atoms. The Balaban J connectivity index is 2.72. The molecular formula is C19H24N2O6. The molecule has 1 aliphatic carbocycles. The van der Waals surface area contributed by atoms with E-state index < -0.39 is 23.8 Å². The predicted octanol–water partition coefficient (Wildman–Crippen LogP) is 1.86. The fourth-order valence-electron chi connectivity index (χ4n) is 3.62. The van der Waals surface area contributed by atoms with Crippen molar-refractivity contribution in [3.05, 3.63) is 22.8 Å². The van der Waals surface area contributed by atoms with E-state index in [0.29, 0.717) is 6.42 Å². The van der Waals surface area contributed by atoms with Gasteiger partial charge in [0, 0.05) is 12.8 Å². The molecule has 0 aromatic heterocycles. The topological polar surface area (TPSA) is 129 Å². The minimum absolute atomic E-state index is 0.00977. The number of ketones is 1. The van der Waals surface area contributed by atoms with Crippen molar-refractivity contribution < 1.29 is 28.6 Å². The summed E-state index contributed by atoms with van der Waals surface area (Å²) in [4.78, 5) is 38.3. The summed E-state index contributed by atoms with van der Waals surface area (Å²) < 4.78 is 15.7. The third kappa shape index (κ3) is 3.54. The lowest BCUT2D eigenvalue weighted by Crippen LogP contribution is -2.47. The highest BCUT2D eigenvalue weighted by atomic mass is 16.5. The van der Waals surface area contributed by atoms with Crippen LogP contribution in [0.5, 0.6) is 0 Å². The number of rotatable bonds is 6. The molecule has 8 heteroatoms. The number of allylic oxidation sites excluding steroid dienone is 1. The second-order valence-corrected chi connectivity index (χ2v) is 6.46. The Hall–Kier alpha value is -2.82. The number of hydrogen-bond donors (Lipinski definition) is 1. The number of ether oxygens (including phenoxy) is 3. The summed E-state index contributed by atoms with van der Waals surface area (Å²) in [6.45, 7) is 5.27. The van der Waals surface area contributed by atoms with Gasteiger partial charge in [-0.1, -0.05) is 13.3 Å². The monoisotopic (exact) mass is 376 g/mol. The Morgan fingerprint density at radius 2 is 1.93 bits per heavy atom. The van der Waals surface area contributed by atoms with Gasteiger partial charge in [0.1, 0.15) is 22.8 Å². The van der Waals surface area contributed by atoms with Crippen molar-refractivity contribution in [1.82, 2.24) is 0 Å². The van der Waals surface area contributed by atoms with Crippen molar-refractivity contribution in [3.8, 4) is 6.07 Å². The van der Waals surface area contributed by atoms with Gasteiger partial charge in [0.15, 0.2) is 5.78 Å². The molecule has 2 unspecified atom stereocenters. The average molecular weight is 376 g/mol. The number of carbonyl (C=O) groups excluding carboxylic acids is 3. The molecule has 0 amide bonds. The molecule has 2 aliphatic rings. The normalized spacial score (nSPS) is 24.7. The lowest BCUT2D eigenvalue weighted by atomic mass is 9.65. The van der Waals surface area contributed by atoms with Gasteiger partial charge in [-0.05, 0) is 19.8 Å². The number of nitriles is 1. The van der Waals surface area contributed by atoms with Crippen molar-refractivity contribution >= 4 is 17.7 Å². The fraction of sp³-hybridized carbons (Fsp3) is 0.579. The van der Waals surface area contributed by atoms with Crippen LogP contribution in [0.1, 0.15) is 46.5 Å². The predicted molar refractivity (Wildman–Crippen MR) is 93.3 cm³/mol. The molecule has 146 valence electrons. The molecule has 2 rings (SSSR count). The van der Waals surface area contributed by atoms with Crippen molar-refractivity contribution in [3.63, 3.8) is 0 Å². The summed E-state index contributed by atoms with van der Waals surface area (Å²) in [7, 11) is 0. The van der Waals surface area contributed by atoms with Crippen LogP contribution in [0.4, 0.5) is 0 Å². The first kappa shape index (κ1) is 20.5. The molecule has 0 radical (unpaired) electrons. The van der Waals surface area contributed by atoms with Crippen LogP contribution in [-0.2, 0) is 28.6 Å². The van der Waals surface area contributed by atoms with Crippen LogP contribution in [0.2, 0.25) is 0 Å². The lowest BCUT2D eigenvalue weighted by molar-refractivity contribution is -0.159. The van der Waals surface area contributed by atoms with E-state index in [1.807, 2.05) is 13.0 Å². The molecule has 27 heavy (non-hydrogen) atoms. The summed E-state index contributed by atoms with van der Waals surface area (Å²) in [6.07, 6.45) is 0.779. The van der Waals surface area contributed by atoms with Gasteiger partial charge in [0.05, 0.1) is 25.2 Å². The highest BCUT2D eigenvalue weighted by molar-refractivity contribution is 6.07. The van der Waals surface area contributed by atoms with Gasteiger partial charge in [-0.25, -0.2) is 0 Å². The number of nitrogens with two attached hydrogens (primary N) is 1. The first-order valence-electron chi connectivity index (χ1n) is 9.03. The highest BCUT2D eigenvalue weighted by Gasteiger charge is 2.58. The summed E-state index contributed by atoms with van der Waals surface area (Å²) in [5.74, 6) is -1.98. The summed E-state index contributed by atoms with van der Waals surface area (Å²) in [5.41, 5.74) is 3.67. The number of Topliss-reactive ketones (excluding diaryl/α,β-unsaturated/α-hetero) is 1. The van der Waals surface area contributed by atoms with Gasteiger partial charge >= 0.3 is 11.9 Å². The van der Waals surface area contributed by atoms with Crippen LogP contribution in [-0.4, -0.2) is 30.9 Å². The van der Waals surface area contributed by atoms with Crippen molar-refractivity contribution in [2.75, 3.05) is 13.2 Å². The molecule has 0 aromatic carbocycles. The minimum atomic E-state index is -1.94. The Morgan fingerprint density at radius 3 is 2.48 bits per heavy atom. The average Bonchev–Trinajstić information content (AvgIpc) is 2.61. The molecule has 8 nitrogen and oxygen atoms in total. The smallest absolute Gasteiger partial charge is 0.322 e. The number of hydrogen-bond acceptors (Lipinski definition) is 8. The molecule has 2 N–H and O–H groups in total. The van der Waals surface area contributed by atoms with Gasteiger partial charge in [0.25, 0.3) is 0 Å². The highest BCUT2D eigenvalue weighted by Crippen LogP contribution is 2.50. The maximum Gasteiger partial charge on any atom is 0.322 e. The molecular weight excluding hydrogens is 352 g/mol. The summed E-state index contributed by atoms with van der Waals surface area (Å²) >= 11 is 0. The van der Waals surface area contributed by atoms with E-state index in [-0.39, 0.29) is 54.1 Å². The minimum Gasteiger partial charge on any atom is -0.466 e. The zero-order valence-corrected chi connectivity index (χ0v) is 15.8. The standard InChI is InChI=1S/C19H24N2O6/c1-4-11-7-13(22)16-14(8-11)27-17(21)12(10-20)19(16,18(24)26-6-3)9-15(23)25-5-2/h11H,4-9,21H2,1-3H3. The van der Waals surface area contributed by atoms with Gasteiger partial charge < -0.3 is 19.9 Å². The maximum absolute atomic E-state index is 13.0. The van der Waals surface area contributed by atoms with E-state index in [0.717, 1.165) is 6.42 Å². The molecule has 0 saturated carbocycles. The second kappa shape index (κ2) is 8.25. The van der Waals surface area contributed by atoms with Crippen LogP contribution in [0, 0.1) is 22.7 Å². The number of nitrogens with zero attached hydrogens (tertiary/aromatic N) is 1. The first-order valence-corrected chi connectivity index (χ1v) is 9.03. The molecule has 1 heterocycles. The van der Waals surface area contributed by atoms with E-state index in [1.54, 1.807) is 13.8 Å². The van der Waals surface area contributed by atoms with Crippen LogP contribution >= 0.6 is 0 Å². The van der Waals surface area contributed by atoms with Crippen molar-refractivity contribution in [2.24, 2.45) is 17.1 Å². The van der Waals surface area contributed by atoms with Crippen LogP contribution in [0.25, 0.3) is 0 Å². The Kier molecular flexibility index (Phi) is 6.26. The summed E-state index contributed by atoms with van der Waals surface area (Å²) in [6, 6.07) is 1.84. The zero-order valence-electron chi connectivity index (χ0n) is 15.8. The zero-order chi connectivity index (χ0) is 20.2. The first-order chi connectivity index (χ1) is 12.8. The summed E-state index contributed by atoms with van der Waals surface area (Å²) in [5, 5.41) is 9.67. The van der Waals surface area contributed by atoms with Gasteiger partial charge in [-0.3, -0.25) is 14.4 Å². The third-order valence-electron chi connectivity index (χ3n) is 4.87. The Labute approximate surface area is 157 Å². The number of esters is 2. The number of carbonyl (C=O) groups is 3. The maximum atomic E-state index is 13.0. The molecule has 0 aromatic rings. The van der Waals surface area contributed by atoms with Crippen LogP contribution in [0.3, 0.4) is 0 Å². The van der Waals surface area contributed by atoms with Gasteiger partial charge in [-0.2, -0.15) is 5.26 Å². The fourth-order valence-corrected chi connectivity index (χ4v) is 3.62. The van der Waals surface area contributed by atoms with Crippen LogP contribution < -0.4 is 5.73 Å². The molecule has 0 bridgehead atoms. The molecule has 1 aliphatic heterocycles. The van der Waals surface area contributed by atoms with Crippen molar-refractivity contribution in [1.29, 1.82) is 5.26 Å². The Bertz CT molecular complexity index is 761. The van der Waals surface area contributed by atoms with E-state index in [4.69, 9.17) is 19.9 Å². The quantitative estimate of drug-likeness (QED) is 0.695. The molecule has 0 fully saturated rings. The van der Waals surface area contributed by atoms with Crippen molar-refractivity contribution in [2.45, 2.75) is 46.5 Å². The van der Waals surface area contributed by atoms with Crippen LogP contribution in [0.15, 0.2) is 22.8 Å². The van der Waals surface area contributed by atoms with E-state index in [9.17, 15) is 19.6 Å². The van der Waals surface area contributed by atoms with E-state index >= 15 is 0 Å². The second-order valence-electron chi connectivity index (χ2n) is 6.46. The SMILES string of the molecule is CCOC(=O)CC1(C(=O)OCC)C(C#N)=C(N)OC2=C1C(=O)CC(CC)C2. The molecule has 2 atom stereocenters. The van der Waals surface area contributed by atoms with E-state index in [2.05, 4.69) is 0 Å². The third-order valence-corrected chi connectivity index (χ3v) is 4.87. The van der Waals surface area contributed by atoms with Gasteiger partial charge in [0.2, 0.25) is 5.88 Å². The van der Waals surface area contributed by atoms with Gasteiger partial charge in [-0.15, -0.1) is 0 Å². The molecule has 0 saturated heterocycles.